The third-order valence-corrected chi connectivity index (χ3v) is 2.55. The SMILES string of the molecule is CC(C)C(C)(O)Cc1ccn(C)n1. The van der Waals surface area contributed by atoms with Crippen LogP contribution < -0.4 is 0 Å². The monoisotopic (exact) mass is 182 g/mol. The van der Waals surface area contributed by atoms with Crippen LogP contribution in [0.4, 0.5) is 0 Å². The highest BCUT2D eigenvalue weighted by molar-refractivity contribution is 5.03. The lowest BCUT2D eigenvalue weighted by Gasteiger charge is -2.26. The zero-order valence-corrected chi connectivity index (χ0v) is 8.78. The van der Waals surface area contributed by atoms with Crippen molar-refractivity contribution in [1.82, 2.24) is 9.78 Å². The minimum atomic E-state index is -0.658. The number of rotatable bonds is 3. The first-order valence-electron chi connectivity index (χ1n) is 4.63. The van der Waals surface area contributed by atoms with Gasteiger partial charge in [0.25, 0.3) is 0 Å². The van der Waals surface area contributed by atoms with Gasteiger partial charge >= 0.3 is 0 Å². The summed E-state index contributed by atoms with van der Waals surface area (Å²) in [5.41, 5.74) is 0.287. The lowest BCUT2D eigenvalue weighted by atomic mass is 9.88. The molecule has 0 radical (unpaired) electrons. The molecule has 0 aliphatic heterocycles. The molecule has 0 aliphatic carbocycles. The van der Waals surface area contributed by atoms with Crippen LogP contribution in [0.5, 0.6) is 0 Å². The van der Waals surface area contributed by atoms with Crippen molar-refractivity contribution in [3.63, 3.8) is 0 Å². The molecule has 0 saturated heterocycles. The van der Waals surface area contributed by atoms with E-state index in [1.807, 2.05) is 40.1 Å². The van der Waals surface area contributed by atoms with Gasteiger partial charge in [0.1, 0.15) is 0 Å². The molecular formula is C10H18N2O. The fraction of sp³-hybridized carbons (Fsp3) is 0.700. The number of hydrogen-bond donors (Lipinski definition) is 1. The van der Waals surface area contributed by atoms with Crippen LogP contribution >= 0.6 is 0 Å². The van der Waals surface area contributed by atoms with Gasteiger partial charge in [-0.15, -0.1) is 0 Å². The molecule has 0 aliphatic rings. The second-order valence-corrected chi connectivity index (χ2v) is 4.17. The van der Waals surface area contributed by atoms with Crippen molar-refractivity contribution in [2.24, 2.45) is 13.0 Å². The molecule has 0 aromatic carbocycles. The maximum Gasteiger partial charge on any atom is 0.0698 e. The van der Waals surface area contributed by atoms with E-state index in [1.54, 1.807) is 4.68 Å². The van der Waals surface area contributed by atoms with Gasteiger partial charge in [0.15, 0.2) is 0 Å². The summed E-state index contributed by atoms with van der Waals surface area (Å²) >= 11 is 0. The summed E-state index contributed by atoms with van der Waals surface area (Å²) in [6.45, 7) is 5.89. The van der Waals surface area contributed by atoms with E-state index in [4.69, 9.17) is 0 Å². The Morgan fingerprint density at radius 1 is 1.62 bits per heavy atom. The zero-order chi connectivity index (χ0) is 10.1. The van der Waals surface area contributed by atoms with Gasteiger partial charge in [0.05, 0.1) is 11.3 Å². The average Bonchev–Trinajstić information content (AvgIpc) is 2.34. The normalized spacial score (nSPS) is 16.2. The highest BCUT2D eigenvalue weighted by Gasteiger charge is 2.25. The van der Waals surface area contributed by atoms with E-state index >= 15 is 0 Å². The van der Waals surface area contributed by atoms with Crippen LogP contribution in [0.15, 0.2) is 12.3 Å². The summed E-state index contributed by atoms with van der Waals surface area (Å²) in [5, 5.41) is 14.2. The van der Waals surface area contributed by atoms with E-state index in [9.17, 15) is 5.11 Å². The Kier molecular flexibility index (Phi) is 2.76. The fourth-order valence-corrected chi connectivity index (χ4v) is 1.13. The highest BCUT2D eigenvalue weighted by atomic mass is 16.3. The minimum Gasteiger partial charge on any atom is -0.390 e. The Balaban J connectivity index is 2.68. The van der Waals surface area contributed by atoms with Crippen molar-refractivity contribution < 1.29 is 5.11 Å². The second kappa shape index (κ2) is 3.50. The first-order valence-corrected chi connectivity index (χ1v) is 4.63. The molecule has 0 saturated carbocycles. The molecule has 1 N–H and O–H groups in total. The van der Waals surface area contributed by atoms with Crippen molar-refractivity contribution in [1.29, 1.82) is 0 Å². The molecule has 3 nitrogen and oxygen atoms in total. The average molecular weight is 182 g/mol. The maximum absolute atomic E-state index is 10.0. The Labute approximate surface area is 79.4 Å². The van der Waals surface area contributed by atoms with Gasteiger partial charge in [-0.25, -0.2) is 0 Å². The fourth-order valence-electron chi connectivity index (χ4n) is 1.13. The molecule has 1 aromatic heterocycles. The topological polar surface area (TPSA) is 38.0 Å². The van der Waals surface area contributed by atoms with Gasteiger partial charge in [-0.1, -0.05) is 13.8 Å². The van der Waals surface area contributed by atoms with Crippen molar-refractivity contribution in [2.45, 2.75) is 32.8 Å². The first kappa shape index (κ1) is 10.3. The molecule has 13 heavy (non-hydrogen) atoms. The largest absolute Gasteiger partial charge is 0.390 e. The Hall–Kier alpha value is -0.830. The summed E-state index contributed by atoms with van der Waals surface area (Å²) < 4.78 is 1.76. The van der Waals surface area contributed by atoms with Crippen molar-refractivity contribution >= 4 is 0 Å². The van der Waals surface area contributed by atoms with Crippen LogP contribution in [0.1, 0.15) is 26.5 Å². The quantitative estimate of drug-likeness (QED) is 0.766. The van der Waals surface area contributed by atoms with E-state index in [1.165, 1.54) is 0 Å². The standard InChI is InChI=1S/C10H18N2O/c1-8(2)10(3,13)7-9-5-6-12(4)11-9/h5-6,8,13H,7H2,1-4H3. The van der Waals surface area contributed by atoms with E-state index in [0.717, 1.165) is 5.69 Å². The van der Waals surface area contributed by atoms with Gasteiger partial charge < -0.3 is 5.11 Å². The molecule has 0 amide bonds. The molecule has 3 heteroatoms. The lowest BCUT2D eigenvalue weighted by Crippen LogP contribution is -2.33. The number of hydrogen-bond acceptors (Lipinski definition) is 2. The Bertz CT molecular complexity index is 276. The molecule has 0 spiro atoms. The molecule has 1 atom stereocenters. The molecular weight excluding hydrogens is 164 g/mol. The highest BCUT2D eigenvalue weighted by Crippen LogP contribution is 2.20. The summed E-state index contributed by atoms with van der Waals surface area (Å²) in [4.78, 5) is 0. The zero-order valence-electron chi connectivity index (χ0n) is 8.78. The maximum atomic E-state index is 10.0. The molecule has 1 unspecified atom stereocenters. The third-order valence-electron chi connectivity index (χ3n) is 2.55. The van der Waals surface area contributed by atoms with Crippen LogP contribution in [0.25, 0.3) is 0 Å². The predicted octanol–water partition coefficient (Wildman–Crippen LogP) is 1.37. The summed E-state index contributed by atoms with van der Waals surface area (Å²) in [6, 6.07) is 1.94. The van der Waals surface area contributed by atoms with Crippen LogP contribution in [-0.2, 0) is 13.5 Å². The van der Waals surface area contributed by atoms with E-state index < -0.39 is 5.60 Å². The van der Waals surface area contributed by atoms with Gasteiger partial charge in [0, 0.05) is 19.7 Å². The van der Waals surface area contributed by atoms with E-state index in [0.29, 0.717) is 6.42 Å². The Morgan fingerprint density at radius 2 is 2.23 bits per heavy atom. The molecule has 1 heterocycles. The first-order chi connectivity index (χ1) is 5.92. The summed E-state index contributed by atoms with van der Waals surface area (Å²) in [5.74, 6) is 0.245. The van der Waals surface area contributed by atoms with E-state index in [-0.39, 0.29) is 5.92 Å². The molecule has 1 rings (SSSR count). The number of nitrogens with zero attached hydrogens (tertiary/aromatic N) is 2. The van der Waals surface area contributed by atoms with Crippen LogP contribution in [0.3, 0.4) is 0 Å². The van der Waals surface area contributed by atoms with Gasteiger partial charge in [-0.2, -0.15) is 5.10 Å². The van der Waals surface area contributed by atoms with Gasteiger partial charge in [-0.3, -0.25) is 4.68 Å². The molecule has 1 aromatic rings. The van der Waals surface area contributed by atoms with Gasteiger partial charge in [-0.05, 0) is 18.9 Å². The summed E-state index contributed by atoms with van der Waals surface area (Å²) in [7, 11) is 1.88. The van der Waals surface area contributed by atoms with Crippen LogP contribution in [0.2, 0.25) is 0 Å². The van der Waals surface area contributed by atoms with Crippen molar-refractivity contribution in [2.75, 3.05) is 0 Å². The molecule has 0 fully saturated rings. The minimum absolute atomic E-state index is 0.245. The van der Waals surface area contributed by atoms with Gasteiger partial charge in [0.2, 0.25) is 0 Å². The third kappa shape index (κ3) is 2.56. The smallest absolute Gasteiger partial charge is 0.0698 e. The van der Waals surface area contributed by atoms with Crippen LogP contribution in [-0.4, -0.2) is 20.5 Å². The molecule has 74 valence electrons. The number of aryl methyl sites for hydroxylation is 1. The van der Waals surface area contributed by atoms with Crippen molar-refractivity contribution in [3.8, 4) is 0 Å². The van der Waals surface area contributed by atoms with Crippen LogP contribution in [0, 0.1) is 5.92 Å². The number of aliphatic hydroxyl groups is 1. The predicted molar refractivity (Wildman–Crippen MR) is 52.4 cm³/mol. The van der Waals surface area contributed by atoms with E-state index in [2.05, 4.69) is 5.10 Å². The second-order valence-electron chi connectivity index (χ2n) is 4.17. The summed E-state index contributed by atoms with van der Waals surface area (Å²) in [6.07, 6.45) is 2.51. The lowest BCUT2D eigenvalue weighted by molar-refractivity contribution is 0.0130. The Morgan fingerprint density at radius 3 is 2.62 bits per heavy atom. The number of aromatic nitrogens is 2. The van der Waals surface area contributed by atoms with Crippen molar-refractivity contribution in [3.05, 3.63) is 18.0 Å². The molecule has 0 bridgehead atoms.